The topological polar surface area (TPSA) is 124 Å². The molecule has 1 aliphatic carbocycles. The second-order valence-corrected chi connectivity index (χ2v) is 9.00. The van der Waals surface area contributed by atoms with E-state index < -0.39 is 17.6 Å². The maximum atomic E-state index is 15.0. The van der Waals surface area contributed by atoms with Crippen LogP contribution in [-0.2, 0) is 16.1 Å². The van der Waals surface area contributed by atoms with Crippen LogP contribution in [0.1, 0.15) is 37.1 Å². The monoisotopic (exact) mass is 485 g/mol. The van der Waals surface area contributed by atoms with Gasteiger partial charge in [0.15, 0.2) is 11.6 Å². The van der Waals surface area contributed by atoms with Gasteiger partial charge in [0.05, 0.1) is 19.0 Å². The van der Waals surface area contributed by atoms with Crippen LogP contribution in [0.2, 0.25) is 5.28 Å². The predicted molar refractivity (Wildman–Crippen MR) is 118 cm³/mol. The van der Waals surface area contributed by atoms with Gasteiger partial charge in [-0.3, -0.25) is 25.6 Å². The molecule has 0 spiro atoms. The highest BCUT2D eigenvalue weighted by Crippen LogP contribution is 2.31. The Morgan fingerprint density at radius 3 is 2.84 bits per heavy atom. The quantitative estimate of drug-likeness (QED) is 0.192. The number of hydrazine groups is 1. The Hall–Kier alpha value is -2.57. The average molecular weight is 486 g/mol. The lowest BCUT2D eigenvalue weighted by atomic mass is 9.92. The minimum Gasteiger partial charge on any atom is -0.350 e. The molecular formula is C19H25ClFN7O3S. The van der Waals surface area contributed by atoms with Gasteiger partial charge in [-0.15, -0.1) is 11.3 Å². The van der Waals surface area contributed by atoms with Crippen LogP contribution < -0.4 is 15.8 Å². The average Bonchev–Trinajstić information content (AvgIpc) is 3.47. The third kappa shape index (κ3) is 6.47. The van der Waals surface area contributed by atoms with Gasteiger partial charge in [-0.05, 0) is 23.9 Å². The number of thiazole rings is 1. The summed E-state index contributed by atoms with van der Waals surface area (Å²) in [6, 6.07) is 0. The molecule has 2 heterocycles. The molecular weight excluding hydrogens is 461 g/mol. The lowest BCUT2D eigenvalue weighted by Gasteiger charge is -2.23. The van der Waals surface area contributed by atoms with E-state index in [2.05, 4.69) is 25.8 Å². The molecule has 1 atom stereocenters. The molecule has 10 nitrogen and oxygen atoms in total. The van der Waals surface area contributed by atoms with Crippen molar-refractivity contribution in [2.75, 3.05) is 23.9 Å². The van der Waals surface area contributed by atoms with Gasteiger partial charge in [0.25, 0.3) is 0 Å². The molecule has 2 amide bonds. The molecule has 0 saturated heterocycles. The minimum absolute atomic E-state index is 0.0538. The first-order valence-corrected chi connectivity index (χ1v) is 11.4. The molecule has 174 valence electrons. The van der Waals surface area contributed by atoms with E-state index in [0.717, 1.165) is 30.7 Å². The van der Waals surface area contributed by atoms with Crippen molar-refractivity contribution in [3.05, 3.63) is 27.7 Å². The largest absolute Gasteiger partial charge is 0.350 e. The van der Waals surface area contributed by atoms with Gasteiger partial charge >= 0.3 is 0 Å². The highest BCUT2D eigenvalue weighted by molar-refractivity contribution is 7.09. The third-order valence-corrected chi connectivity index (χ3v) is 6.25. The number of anilines is 2. The summed E-state index contributed by atoms with van der Waals surface area (Å²) in [5.41, 5.74) is 4.89. The molecule has 0 unspecified atom stereocenters. The minimum atomic E-state index is -0.794. The number of hydrogen-bond donors (Lipinski definition) is 3. The van der Waals surface area contributed by atoms with Crippen LogP contribution in [-0.4, -0.2) is 51.1 Å². The van der Waals surface area contributed by atoms with Gasteiger partial charge in [0.1, 0.15) is 5.01 Å². The molecule has 0 aromatic carbocycles. The number of nitrogens with zero attached hydrogens (tertiary/aromatic N) is 5. The summed E-state index contributed by atoms with van der Waals surface area (Å²) in [6.07, 6.45) is 6.58. The van der Waals surface area contributed by atoms with E-state index in [4.69, 9.17) is 11.6 Å². The van der Waals surface area contributed by atoms with Crippen molar-refractivity contribution in [3.63, 3.8) is 0 Å². The van der Waals surface area contributed by atoms with Crippen molar-refractivity contribution in [2.45, 2.75) is 38.6 Å². The van der Waals surface area contributed by atoms with Crippen LogP contribution in [0.5, 0.6) is 0 Å². The highest BCUT2D eigenvalue weighted by atomic mass is 35.5. The summed E-state index contributed by atoms with van der Waals surface area (Å²) >= 11 is 7.39. The third-order valence-electron chi connectivity index (χ3n) is 5.32. The summed E-state index contributed by atoms with van der Waals surface area (Å²) in [6.45, 7) is 0.150. The van der Waals surface area contributed by atoms with E-state index in [9.17, 15) is 14.8 Å². The van der Waals surface area contributed by atoms with E-state index in [1.807, 2.05) is 5.38 Å². The van der Waals surface area contributed by atoms with Crippen LogP contribution in [0.25, 0.3) is 0 Å². The standard InChI is InChI=1S/C19H25ClFN7O3S/c1-27(10-14-22-6-7-32-14)17-15(21)16(23-19(20)24-17)25-26-18(30)13(9-28(31)11-29)8-12-4-2-3-5-12/h6-7,11-13,31H,2-5,8-10H2,1H3,(H,26,30)(H,23,24,25)/t13-/m0/s1. The van der Waals surface area contributed by atoms with Gasteiger partial charge in [0.2, 0.25) is 23.4 Å². The number of carbonyl (C=O) groups excluding carboxylic acids is 2. The molecule has 32 heavy (non-hydrogen) atoms. The second-order valence-electron chi connectivity index (χ2n) is 7.69. The Bertz CT molecular complexity index is 915. The van der Waals surface area contributed by atoms with Crippen LogP contribution >= 0.6 is 22.9 Å². The predicted octanol–water partition coefficient (Wildman–Crippen LogP) is 2.85. The Kier molecular flexibility index (Phi) is 8.53. The Balaban J connectivity index is 1.68. The first-order chi connectivity index (χ1) is 15.4. The summed E-state index contributed by atoms with van der Waals surface area (Å²) in [7, 11) is 1.64. The van der Waals surface area contributed by atoms with Crippen molar-refractivity contribution in [1.82, 2.24) is 25.4 Å². The molecule has 1 aliphatic rings. The molecule has 2 aromatic rings. The van der Waals surface area contributed by atoms with Crippen LogP contribution in [0, 0.1) is 17.7 Å². The van der Waals surface area contributed by atoms with Gasteiger partial charge in [-0.2, -0.15) is 14.4 Å². The number of halogens is 2. The fraction of sp³-hybridized carbons (Fsp3) is 0.526. The van der Waals surface area contributed by atoms with Crippen molar-refractivity contribution in [2.24, 2.45) is 11.8 Å². The summed E-state index contributed by atoms with van der Waals surface area (Å²) in [4.78, 5) is 37.0. The molecule has 0 aliphatic heterocycles. The molecule has 2 aromatic heterocycles. The summed E-state index contributed by atoms with van der Waals surface area (Å²) < 4.78 is 15.0. The fourth-order valence-corrected chi connectivity index (χ4v) is 4.59. The molecule has 13 heteroatoms. The number of carbonyl (C=O) groups is 2. The number of hydroxylamine groups is 2. The van der Waals surface area contributed by atoms with E-state index >= 15 is 4.39 Å². The molecule has 1 saturated carbocycles. The molecule has 3 N–H and O–H groups in total. The first-order valence-electron chi connectivity index (χ1n) is 10.2. The zero-order chi connectivity index (χ0) is 23.1. The smallest absolute Gasteiger partial charge is 0.243 e. The van der Waals surface area contributed by atoms with Crippen LogP contribution in [0.3, 0.4) is 0 Å². The summed E-state index contributed by atoms with van der Waals surface area (Å²) in [5, 5.41) is 12.4. The Morgan fingerprint density at radius 1 is 1.44 bits per heavy atom. The number of aromatic nitrogens is 3. The van der Waals surface area contributed by atoms with Gasteiger partial charge in [0, 0.05) is 18.6 Å². The lowest BCUT2D eigenvalue weighted by Crippen LogP contribution is -2.41. The molecule has 0 radical (unpaired) electrons. The normalized spacial score (nSPS) is 14.8. The molecule has 1 fully saturated rings. The maximum absolute atomic E-state index is 15.0. The van der Waals surface area contributed by atoms with Crippen LogP contribution in [0.4, 0.5) is 16.0 Å². The van der Waals surface area contributed by atoms with Crippen molar-refractivity contribution >= 4 is 46.9 Å². The van der Waals surface area contributed by atoms with Gasteiger partial charge in [-0.25, -0.2) is 10.0 Å². The van der Waals surface area contributed by atoms with Crippen molar-refractivity contribution in [3.8, 4) is 0 Å². The number of rotatable bonds is 11. The zero-order valence-electron chi connectivity index (χ0n) is 17.5. The van der Waals surface area contributed by atoms with Crippen molar-refractivity contribution < 1.29 is 19.2 Å². The Morgan fingerprint density at radius 2 is 2.19 bits per heavy atom. The fourth-order valence-electron chi connectivity index (χ4n) is 3.76. The van der Waals surface area contributed by atoms with E-state index in [-0.39, 0.29) is 29.9 Å². The van der Waals surface area contributed by atoms with Gasteiger partial charge < -0.3 is 4.90 Å². The zero-order valence-corrected chi connectivity index (χ0v) is 19.1. The Labute approximate surface area is 193 Å². The SMILES string of the molecule is CN(Cc1nccs1)c1nc(Cl)nc(NNC(=O)[C@@H](CC2CCCC2)CN(O)C=O)c1F. The van der Waals surface area contributed by atoms with E-state index in [1.54, 1.807) is 13.2 Å². The van der Waals surface area contributed by atoms with E-state index in [0.29, 0.717) is 23.9 Å². The molecule has 0 bridgehead atoms. The highest BCUT2D eigenvalue weighted by Gasteiger charge is 2.27. The lowest BCUT2D eigenvalue weighted by molar-refractivity contribution is -0.154. The second kappa shape index (κ2) is 11.3. The molecule has 3 rings (SSSR count). The number of amides is 2. The van der Waals surface area contributed by atoms with Crippen molar-refractivity contribution in [1.29, 1.82) is 0 Å². The number of hydrogen-bond acceptors (Lipinski definition) is 9. The van der Waals surface area contributed by atoms with Gasteiger partial charge in [-0.1, -0.05) is 25.7 Å². The number of nitrogens with one attached hydrogen (secondary N) is 2. The van der Waals surface area contributed by atoms with Crippen LogP contribution in [0.15, 0.2) is 11.6 Å². The maximum Gasteiger partial charge on any atom is 0.243 e. The summed E-state index contributed by atoms with van der Waals surface area (Å²) in [5.74, 6) is -1.98. The first kappa shape index (κ1) is 24.1. The van der Waals surface area contributed by atoms with E-state index in [1.165, 1.54) is 16.2 Å².